The van der Waals surface area contributed by atoms with Gasteiger partial charge in [-0.2, -0.15) is 0 Å². The molecule has 2 rings (SSSR count). The normalized spacial score (nSPS) is 11.0. The molecule has 0 bridgehead atoms. The molecule has 0 aromatic heterocycles. The number of hydrogen-bond donors (Lipinski definition) is 1. The van der Waals surface area contributed by atoms with Gasteiger partial charge in [0.1, 0.15) is 6.54 Å². The lowest BCUT2D eigenvalue weighted by Crippen LogP contribution is -2.40. The molecular weight excluding hydrogens is 427 g/mol. The summed E-state index contributed by atoms with van der Waals surface area (Å²) < 4.78 is 27.9. The van der Waals surface area contributed by atoms with E-state index in [1.807, 2.05) is 0 Å². The number of hydrogen-bond acceptors (Lipinski definition) is 3. The van der Waals surface area contributed by atoms with Crippen LogP contribution >= 0.6 is 22.6 Å². The average molecular weight is 444 g/mol. The number of anilines is 1. The number of sulfonamides is 1. The van der Waals surface area contributed by atoms with Crippen LogP contribution < -0.4 is 9.62 Å². The van der Waals surface area contributed by atoms with Crippen molar-refractivity contribution in [3.05, 3.63) is 58.2 Å². The maximum atomic E-state index is 12.9. The first kappa shape index (κ1) is 17.7. The number of halogens is 1. The van der Waals surface area contributed by atoms with Crippen molar-refractivity contribution in [1.29, 1.82) is 0 Å². The molecule has 0 unspecified atom stereocenters. The highest BCUT2D eigenvalue weighted by Crippen LogP contribution is 2.24. The van der Waals surface area contributed by atoms with E-state index >= 15 is 0 Å². The van der Waals surface area contributed by atoms with Crippen molar-refractivity contribution in [3.8, 4) is 0 Å². The minimum atomic E-state index is -3.81. The van der Waals surface area contributed by atoms with Gasteiger partial charge >= 0.3 is 0 Å². The predicted molar refractivity (Wildman–Crippen MR) is 98.8 cm³/mol. The number of carbonyl (C=O) groups excluding carboxylic acids is 1. The number of nitrogens with one attached hydrogen (secondary N) is 1. The Labute approximate surface area is 149 Å². The fourth-order valence-electron chi connectivity index (χ4n) is 2.03. The minimum Gasteiger partial charge on any atom is -0.355 e. The monoisotopic (exact) mass is 444 g/mol. The van der Waals surface area contributed by atoms with Gasteiger partial charge < -0.3 is 5.32 Å². The summed E-state index contributed by atoms with van der Waals surface area (Å²) >= 11 is 2.14. The molecule has 2 aromatic rings. The van der Waals surface area contributed by atoms with Gasteiger partial charge in [0.05, 0.1) is 10.6 Å². The fraction of sp³-hybridized carbons (Fsp3) is 0.188. The smallest absolute Gasteiger partial charge is 0.264 e. The van der Waals surface area contributed by atoms with Gasteiger partial charge in [-0.25, -0.2) is 8.42 Å². The van der Waals surface area contributed by atoms with E-state index in [1.54, 1.807) is 49.4 Å². The van der Waals surface area contributed by atoms with Gasteiger partial charge in [0.15, 0.2) is 0 Å². The summed E-state index contributed by atoms with van der Waals surface area (Å²) in [5, 5.41) is 2.63. The van der Waals surface area contributed by atoms with Crippen LogP contribution in [0.25, 0.3) is 0 Å². The number of amides is 1. The fourth-order valence-corrected chi connectivity index (χ4v) is 3.83. The van der Waals surface area contributed by atoms with Crippen LogP contribution in [0.3, 0.4) is 0 Å². The molecule has 0 aliphatic heterocycles. The zero-order valence-electron chi connectivity index (χ0n) is 12.6. The highest BCUT2D eigenvalue weighted by Gasteiger charge is 2.26. The van der Waals surface area contributed by atoms with Crippen molar-refractivity contribution >= 4 is 44.2 Å². The predicted octanol–water partition coefficient (Wildman–Crippen LogP) is 2.62. The molecule has 0 fully saturated rings. The van der Waals surface area contributed by atoms with Crippen molar-refractivity contribution in [3.63, 3.8) is 0 Å². The van der Waals surface area contributed by atoms with Crippen molar-refractivity contribution < 1.29 is 13.2 Å². The van der Waals surface area contributed by atoms with E-state index in [0.717, 1.165) is 7.88 Å². The molecule has 0 heterocycles. The number of likely N-dealkylation sites (N-methyl/N-ethyl adjacent to an activating group) is 1. The lowest BCUT2D eigenvalue weighted by molar-refractivity contribution is -0.119. The molecule has 0 spiro atoms. The summed E-state index contributed by atoms with van der Waals surface area (Å²) in [5.41, 5.74) is 0.459. The topological polar surface area (TPSA) is 66.5 Å². The molecule has 122 valence electrons. The van der Waals surface area contributed by atoms with Gasteiger partial charge in [-0.3, -0.25) is 9.10 Å². The van der Waals surface area contributed by atoms with E-state index in [2.05, 4.69) is 27.9 Å². The van der Waals surface area contributed by atoms with Gasteiger partial charge in [-0.05, 0) is 65.9 Å². The molecule has 23 heavy (non-hydrogen) atoms. The molecule has 0 aliphatic carbocycles. The number of rotatable bonds is 6. The first-order valence-corrected chi connectivity index (χ1v) is 9.57. The van der Waals surface area contributed by atoms with Crippen LogP contribution in [-0.2, 0) is 14.8 Å². The van der Waals surface area contributed by atoms with Crippen LogP contribution in [0.5, 0.6) is 0 Å². The van der Waals surface area contributed by atoms with E-state index < -0.39 is 10.0 Å². The standard InChI is InChI=1S/C16H17IN2O3S/c1-2-18-16(20)12-19(14-10-8-13(17)9-11-14)23(21,22)15-6-4-3-5-7-15/h3-11H,2,12H2,1H3,(H,18,20). The summed E-state index contributed by atoms with van der Waals surface area (Å²) in [6, 6.07) is 15.1. The van der Waals surface area contributed by atoms with Gasteiger partial charge in [-0.1, -0.05) is 18.2 Å². The van der Waals surface area contributed by atoms with E-state index in [4.69, 9.17) is 0 Å². The molecule has 7 heteroatoms. The highest BCUT2D eigenvalue weighted by molar-refractivity contribution is 14.1. The minimum absolute atomic E-state index is 0.155. The first-order chi connectivity index (χ1) is 10.9. The van der Waals surface area contributed by atoms with Crippen molar-refractivity contribution in [2.45, 2.75) is 11.8 Å². The lowest BCUT2D eigenvalue weighted by Gasteiger charge is -2.24. The Kier molecular flexibility index (Phi) is 6.00. The van der Waals surface area contributed by atoms with Crippen molar-refractivity contribution in [2.24, 2.45) is 0 Å². The summed E-state index contributed by atoms with van der Waals surface area (Å²) in [6.45, 7) is 1.98. The SMILES string of the molecule is CCNC(=O)CN(c1ccc(I)cc1)S(=O)(=O)c1ccccc1. The zero-order chi connectivity index (χ0) is 16.9. The second-order valence-corrected chi connectivity index (χ2v) is 7.86. The Morgan fingerprint density at radius 2 is 1.70 bits per heavy atom. The Balaban J connectivity index is 2.44. The van der Waals surface area contributed by atoms with Gasteiger partial charge in [0, 0.05) is 10.1 Å². The molecule has 1 amide bonds. The second kappa shape index (κ2) is 7.78. The van der Waals surface area contributed by atoms with E-state index in [-0.39, 0.29) is 17.3 Å². The molecule has 5 nitrogen and oxygen atoms in total. The third kappa shape index (κ3) is 4.44. The zero-order valence-corrected chi connectivity index (χ0v) is 15.5. The van der Waals surface area contributed by atoms with Crippen LogP contribution in [0.1, 0.15) is 6.92 Å². The average Bonchev–Trinajstić information content (AvgIpc) is 2.55. The molecule has 0 atom stereocenters. The van der Waals surface area contributed by atoms with Gasteiger partial charge in [0.2, 0.25) is 5.91 Å². The lowest BCUT2D eigenvalue weighted by atomic mass is 10.3. The van der Waals surface area contributed by atoms with E-state index in [0.29, 0.717) is 12.2 Å². The van der Waals surface area contributed by atoms with Crippen LogP contribution in [0.4, 0.5) is 5.69 Å². The Morgan fingerprint density at radius 1 is 1.09 bits per heavy atom. The third-order valence-electron chi connectivity index (χ3n) is 3.11. The van der Waals surface area contributed by atoms with Crippen LogP contribution in [0, 0.1) is 3.57 Å². The van der Waals surface area contributed by atoms with Gasteiger partial charge in [-0.15, -0.1) is 0 Å². The van der Waals surface area contributed by atoms with E-state index in [9.17, 15) is 13.2 Å². The maximum Gasteiger partial charge on any atom is 0.264 e. The van der Waals surface area contributed by atoms with Crippen LogP contribution in [0.2, 0.25) is 0 Å². The largest absolute Gasteiger partial charge is 0.355 e. The Morgan fingerprint density at radius 3 is 2.26 bits per heavy atom. The second-order valence-electron chi connectivity index (χ2n) is 4.75. The summed E-state index contributed by atoms with van der Waals surface area (Å²) in [6.07, 6.45) is 0. The molecule has 2 aromatic carbocycles. The number of carbonyl (C=O) groups is 1. The molecule has 0 saturated carbocycles. The molecule has 0 saturated heterocycles. The Bertz CT molecular complexity index is 762. The number of nitrogens with zero attached hydrogens (tertiary/aromatic N) is 1. The summed E-state index contributed by atoms with van der Waals surface area (Å²) in [5.74, 6) is -0.342. The van der Waals surface area contributed by atoms with E-state index in [1.165, 1.54) is 12.1 Å². The molecular formula is C16H17IN2O3S. The van der Waals surface area contributed by atoms with Crippen molar-refractivity contribution in [1.82, 2.24) is 5.32 Å². The molecule has 0 aliphatic rings. The number of benzene rings is 2. The molecule has 1 N–H and O–H groups in total. The maximum absolute atomic E-state index is 12.9. The first-order valence-electron chi connectivity index (χ1n) is 7.05. The van der Waals surface area contributed by atoms with Crippen LogP contribution in [0.15, 0.2) is 59.5 Å². The third-order valence-corrected chi connectivity index (χ3v) is 5.61. The van der Waals surface area contributed by atoms with Crippen LogP contribution in [-0.4, -0.2) is 27.4 Å². The highest BCUT2D eigenvalue weighted by atomic mass is 127. The summed E-state index contributed by atoms with van der Waals surface area (Å²) in [7, 11) is -3.81. The van der Waals surface area contributed by atoms with Crippen molar-refractivity contribution in [2.75, 3.05) is 17.4 Å². The Hall–Kier alpha value is -1.61. The van der Waals surface area contributed by atoms with Gasteiger partial charge in [0.25, 0.3) is 10.0 Å². The summed E-state index contributed by atoms with van der Waals surface area (Å²) in [4.78, 5) is 12.1. The molecule has 0 radical (unpaired) electrons. The quantitative estimate of drug-likeness (QED) is 0.697.